The van der Waals surface area contributed by atoms with Crippen LogP contribution in [-0.4, -0.2) is 23.8 Å². The molecule has 0 unspecified atom stereocenters. The van der Waals surface area contributed by atoms with E-state index in [9.17, 15) is 9.59 Å². The Kier molecular flexibility index (Phi) is 4.00. The molecule has 8 nitrogen and oxygen atoms in total. The van der Waals surface area contributed by atoms with Crippen LogP contribution in [0.1, 0.15) is 11.3 Å². The Balaban J connectivity index is 1.79. The molecule has 4 aromatic rings. The molecule has 1 aromatic carbocycles. The van der Waals surface area contributed by atoms with Crippen molar-refractivity contribution in [3.63, 3.8) is 0 Å². The summed E-state index contributed by atoms with van der Waals surface area (Å²) in [7, 11) is 2.96. The standard InChI is InChI=1S/C18H16ClN5O3/c1-10-4-6-11(7-5-10)13-8-12(21-27-13)9-24-14-15(20-17(24)19)22(2)18(26)23(3)16(14)25/h4-8H,9H2,1-3H3. The summed E-state index contributed by atoms with van der Waals surface area (Å²) in [6.45, 7) is 2.20. The van der Waals surface area contributed by atoms with Crippen molar-refractivity contribution < 1.29 is 4.52 Å². The van der Waals surface area contributed by atoms with Crippen LogP contribution in [-0.2, 0) is 20.6 Å². The molecule has 27 heavy (non-hydrogen) atoms. The van der Waals surface area contributed by atoms with Crippen molar-refractivity contribution >= 4 is 22.8 Å². The fourth-order valence-electron chi connectivity index (χ4n) is 2.97. The lowest BCUT2D eigenvalue weighted by Crippen LogP contribution is -2.37. The predicted molar refractivity (Wildman–Crippen MR) is 101 cm³/mol. The van der Waals surface area contributed by atoms with Crippen molar-refractivity contribution in [3.05, 3.63) is 67.7 Å². The third-order valence-electron chi connectivity index (χ3n) is 4.52. The van der Waals surface area contributed by atoms with Crippen LogP contribution in [0.5, 0.6) is 0 Å². The number of rotatable bonds is 3. The summed E-state index contributed by atoms with van der Waals surface area (Å²) in [6, 6.07) is 9.67. The van der Waals surface area contributed by atoms with Crippen LogP contribution < -0.4 is 11.2 Å². The summed E-state index contributed by atoms with van der Waals surface area (Å²) >= 11 is 6.24. The van der Waals surface area contributed by atoms with E-state index in [2.05, 4.69) is 10.1 Å². The predicted octanol–water partition coefficient (Wildman–Crippen LogP) is 2.10. The Hall–Kier alpha value is -3.13. The fourth-order valence-corrected chi connectivity index (χ4v) is 3.19. The minimum Gasteiger partial charge on any atom is -0.356 e. The molecule has 0 saturated carbocycles. The highest BCUT2D eigenvalue weighted by Gasteiger charge is 2.19. The van der Waals surface area contributed by atoms with Gasteiger partial charge in [-0.05, 0) is 18.5 Å². The van der Waals surface area contributed by atoms with Gasteiger partial charge in [-0.15, -0.1) is 0 Å². The zero-order chi connectivity index (χ0) is 19.3. The van der Waals surface area contributed by atoms with Crippen LogP contribution >= 0.6 is 11.6 Å². The summed E-state index contributed by atoms with van der Waals surface area (Å²) in [4.78, 5) is 28.8. The Bertz CT molecular complexity index is 1280. The normalized spacial score (nSPS) is 11.4. The zero-order valence-corrected chi connectivity index (χ0v) is 15.7. The lowest BCUT2D eigenvalue weighted by molar-refractivity contribution is 0.421. The molecule has 0 radical (unpaired) electrons. The summed E-state index contributed by atoms with van der Waals surface area (Å²) in [5.74, 6) is 0.617. The van der Waals surface area contributed by atoms with Gasteiger partial charge in [0.25, 0.3) is 5.56 Å². The Morgan fingerprint density at radius 3 is 2.52 bits per heavy atom. The second kappa shape index (κ2) is 6.24. The number of fused-ring (bicyclic) bond motifs is 1. The lowest BCUT2D eigenvalue weighted by Gasteiger charge is -2.05. The molecule has 0 bridgehead atoms. The zero-order valence-electron chi connectivity index (χ0n) is 14.9. The van der Waals surface area contributed by atoms with E-state index in [-0.39, 0.29) is 23.0 Å². The third-order valence-corrected chi connectivity index (χ3v) is 4.81. The molecule has 3 heterocycles. The molecule has 0 spiro atoms. The second-order valence-electron chi connectivity index (χ2n) is 6.39. The third kappa shape index (κ3) is 2.78. The molecule has 0 fully saturated rings. The molecule has 9 heteroatoms. The van der Waals surface area contributed by atoms with E-state index in [4.69, 9.17) is 16.1 Å². The van der Waals surface area contributed by atoms with E-state index in [1.165, 1.54) is 16.2 Å². The maximum atomic E-state index is 12.6. The molecule has 3 aromatic heterocycles. The number of halogens is 1. The van der Waals surface area contributed by atoms with E-state index in [1.807, 2.05) is 31.2 Å². The van der Waals surface area contributed by atoms with Crippen LogP contribution in [0.25, 0.3) is 22.5 Å². The quantitative estimate of drug-likeness (QED) is 0.504. The first-order chi connectivity index (χ1) is 12.9. The van der Waals surface area contributed by atoms with Gasteiger partial charge in [-0.2, -0.15) is 4.98 Å². The van der Waals surface area contributed by atoms with Crippen LogP contribution in [0.15, 0.2) is 44.4 Å². The largest absolute Gasteiger partial charge is 0.356 e. The minimum absolute atomic E-state index is 0.100. The van der Waals surface area contributed by atoms with Gasteiger partial charge in [0, 0.05) is 25.7 Å². The lowest BCUT2D eigenvalue weighted by atomic mass is 10.1. The average molecular weight is 386 g/mol. The highest BCUT2D eigenvalue weighted by molar-refractivity contribution is 6.29. The number of aromatic nitrogens is 5. The molecule has 138 valence electrons. The van der Waals surface area contributed by atoms with Crippen LogP contribution in [0.2, 0.25) is 5.28 Å². The molecule has 0 aliphatic heterocycles. The van der Waals surface area contributed by atoms with E-state index in [1.54, 1.807) is 13.1 Å². The topological polar surface area (TPSA) is 87.9 Å². The fraction of sp³-hybridized carbons (Fsp3) is 0.222. The summed E-state index contributed by atoms with van der Waals surface area (Å²) in [6.07, 6.45) is 0. The maximum absolute atomic E-state index is 12.6. The SMILES string of the molecule is Cc1ccc(-c2cc(Cn3c(Cl)nc4c3c(=O)n(C)c(=O)n4C)no2)cc1. The van der Waals surface area contributed by atoms with Crippen molar-refractivity contribution in [3.8, 4) is 11.3 Å². The van der Waals surface area contributed by atoms with Crippen molar-refractivity contribution in [2.45, 2.75) is 13.5 Å². The Morgan fingerprint density at radius 1 is 1.11 bits per heavy atom. The van der Waals surface area contributed by atoms with Gasteiger partial charge in [-0.1, -0.05) is 35.0 Å². The molecular weight excluding hydrogens is 370 g/mol. The molecule has 0 N–H and O–H groups in total. The summed E-state index contributed by atoms with van der Waals surface area (Å²) in [5.41, 5.74) is 2.19. The summed E-state index contributed by atoms with van der Waals surface area (Å²) in [5, 5.41) is 4.17. The van der Waals surface area contributed by atoms with Gasteiger partial charge >= 0.3 is 5.69 Å². The Morgan fingerprint density at radius 2 is 1.81 bits per heavy atom. The average Bonchev–Trinajstić information content (AvgIpc) is 3.24. The minimum atomic E-state index is -0.463. The number of hydrogen-bond acceptors (Lipinski definition) is 5. The van der Waals surface area contributed by atoms with E-state index in [0.29, 0.717) is 11.5 Å². The second-order valence-corrected chi connectivity index (χ2v) is 6.73. The molecule has 0 amide bonds. The van der Waals surface area contributed by atoms with Gasteiger partial charge in [-0.25, -0.2) is 4.79 Å². The van der Waals surface area contributed by atoms with Gasteiger partial charge in [0.05, 0.1) is 6.54 Å². The number of aryl methyl sites for hydroxylation is 2. The van der Waals surface area contributed by atoms with Crippen molar-refractivity contribution in [2.24, 2.45) is 14.1 Å². The first kappa shape index (κ1) is 17.3. The van der Waals surface area contributed by atoms with Gasteiger partial charge in [0.15, 0.2) is 16.9 Å². The molecular formula is C18H16ClN5O3. The number of nitrogens with zero attached hydrogens (tertiary/aromatic N) is 5. The van der Waals surface area contributed by atoms with E-state index in [0.717, 1.165) is 15.7 Å². The molecule has 0 saturated heterocycles. The molecule has 4 rings (SSSR count). The number of imidazole rings is 1. The van der Waals surface area contributed by atoms with E-state index >= 15 is 0 Å². The monoisotopic (exact) mass is 385 g/mol. The Labute approximate surface area is 158 Å². The van der Waals surface area contributed by atoms with Gasteiger partial charge < -0.3 is 9.09 Å². The van der Waals surface area contributed by atoms with Gasteiger partial charge in [0.2, 0.25) is 5.28 Å². The van der Waals surface area contributed by atoms with Crippen molar-refractivity contribution in [1.82, 2.24) is 23.8 Å². The van der Waals surface area contributed by atoms with Crippen molar-refractivity contribution in [2.75, 3.05) is 0 Å². The first-order valence-corrected chi connectivity index (χ1v) is 8.59. The number of benzene rings is 1. The molecule has 0 aliphatic carbocycles. The van der Waals surface area contributed by atoms with Crippen LogP contribution in [0.3, 0.4) is 0 Å². The molecule has 0 aliphatic rings. The smallest absolute Gasteiger partial charge is 0.332 e. The summed E-state index contributed by atoms with van der Waals surface area (Å²) < 4.78 is 9.26. The van der Waals surface area contributed by atoms with Gasteiger partial charge in [-0.3, -0.25) is 13.9 Å². The van der Waals surface area contributed by atoms with Crippen LogP contribution in [0.4, 0.5) is 0 Å². The van der Waals surface area contributed by atoms with Crippen LogP contribution in [0, 0.1) is 6.92 Å². The number of hydrogen-bond donors (Lipinski definition) is 0. The highest BCUT2D eigenvalue weighted by atomic mass is 35.5. The molecule has 0 atom stereocenters. The first-order valence-electron chi connectivity index (χ1n) is 8.21. The van der Waals surface area contributed by atoms with Gasteiger partial charge in [0.1, 0.15) is 5.69 Å². The van der Waals surface area contributed by atoms with E-state index < -0.39 is 11.2 Å². The highest BCUT2D eigenvalue weighted by Crippen LogP contribution is 2.23. The maximum Gasteiger partial charge on any atom is 0.332 e. The van der Waals surface area contributed by atoms with Crippen molar-refractivity contribution in [1.29, 1.82) is 0 Å².